The Morgan fingerprint density at radius 2 is 1.31 bits per heavy atom. The number of hydrogen-bond acceptors (Lipinski definition) is 4. The molecule has 0 radical (unpaired) electrons. The average molecular weight is 447 g/mol. The Labute approximate surface area is 191 Å². The summed E-state index contributed by atoms with van der Waals surface area (Å²) < 4.78 is 10.6. The number of ether oxygens (including phenoxy) is 2. The van der Waals surface area contributed by atoms with Crippen molar-refractivity contribution in [3.05, 3.63) is 35.4 Å². The van der Waals surface area contributed by atoms with Gasteiger partial charge in [-0.3, -0.25) is 0 Å². The Morgan fingerprint density at radius 1 is 0.812 bits per heavy atom. The molecule has 0 aromatic heterocycles. The molecule has 178 valence electrons. The summed E-state index contributed by atoms with van der Waals surface area (Å²) >= 11 is 0. The van der Waals surface area contributed by atoms with Gasteiger partial charge in [0.15, 0.2) is 18.5 Å². The number of carboxylic acid groups (broad SMARTS) is 2. The predicted octanol–water partition coefficient (Wildman–Crippen LogP) is 5.74. The molecular weight excluding hydrogens is 408 g/mol. The molecule has 3 rings (SSSR count). The number of aryl methyl sites for hydroxylation is 1. The van der Waals surface area contributed by atoms with Crippen molar-refractivity contribution in [2.45, 2.75) is 102 Å². The zero-order valence-electron chi connectivity index (χ0n) is 19.2. The maximum atomic E-state index is 11.2. The van der Waals surface area contributed by atoms with Crippen molar-refractivity contribution >= 4 is 11.9 Å². The van der Waals surface area contributed by atoms with E-state index in [0.29, 0.717) is 5.56 Å². The van der Waals surface area contributed by atoms with Crippen molar-refractivity contribution in [3.8, 4) is 0 Å². The van der Waals surface area contributed by atoms with Crippen LogP contribution >= 0.6 is 0 Å². The Bertz CT molecular complexity index is 700. The molecule has 0 spiro atoms. The minimum atomic E-state index is -1.50. The lowest BCUT2D eigenvalue weighted by molar-refractivity contribution is -0.156. The van der Waals surface area contributed by atoms with Crippen LogP contribution in [0.4, 0.5) is 0 Å². The fraction of sp³-hybridized carbons (Fsp3) is 0.692. The summed E-state index contributed by atoms with van der Waals surface area (Å²) in [6.07, 6.45) is 12.0. The third kappa shape index (κ3) is 7.04. The lowest BCUT2D eigenvalue weighted by atomic mass is 9.78. The minimum absolute atomic E-state index is 0.638. The van der Waals surface area contributed by atoms with E-state index in [2.05, 4.69) is 6.92 Å². The maximum absolute atomic E-state index is 11.2. The zero-order valence-corrected chi connectivity index (χ0v) is 19.2. The number of hydrogen-bond donors (Lipinski definition) is 2. The van der Waals surface area contributed by atoms with Crippen LogP contribution in [0.5, 0.6) is 0 Å². The average Bonchev–Trinajstić information content (AvgIpc) is 3.25. The van der Waals surface area contributed by atoms with Gasteiger partial charge in [-0.05, 0) is 30.2 Å². The van der Waals surface area contributed by atoms with Gasteiger partial charge in [0.2, 0.25) is 0 Å². The van der Waals surface area contributed by atoms with E-state index >= 15 is 0 Å². The summed E-state index contributed by atoms with van der Waals surface area (Å²) in [6.45, 7) is 2.27. The molecule has 2 atom stereocenters. The van der Waals surface area contributed by atoms with Crippen LogP contribution in [0.25, 0.3) is 0 Å². The molecule has 32 heavy (non-hydrogen) atoms. The molecule has 1 aromatic rings. The molecule has 2 unspecified atom stereocenters. The summed E-state index contributed by atoms with van der Waals surface area (Å²) in [4.78, 5) is 22.4. The van der Waals surface area contributed by atoms with Crippen LogP contribution in [-0.2, 0) is 25.5 Å². The van der Waals surface area contributed by atoms with E-state index in [-0.39, 0.29) is 0 Å². The first kappa shape index (κ1) is 24.7. The molecule has 1 aliphatic heterocycles. The van der Waals surface area contributed by atoms with Crippen LogP contribution in [-0.4, -0.2) is 34.4 Å². The maximum Gasteiger partial charge on any atom is 0.336 e. The monoisotopic (exact) mass is 446 g/mol. The topological polar surface area (TPSA) is 93.1 Å². The molecule has 1 heterocycles. The van der Waals surface area contributed by atoms with Gasteiger partial charge in [0.05, 0.1) is 0 Å². The first-order chi connectivity index (χ1) is 15.5. The number of carbonyl (C=O) groups is 2. The van der Waals surface area contributed by atoms with Crippen molar-refractivity contribution < 1.29 is 29.3 Å². The predicted molar refractivity (Wildman–Crippen MR) is 121 cm³/mol. The highest BCUT2D eigenvalue weighted by Gasteiger charge is 2.46. The standard InChI is InChI=1S/C26H38O6/c1-2-3-4-7-18-10-12-19(13-11-18)8-5-6-9-20-14-16-21(17-15-20)26-31-22(24(27)28)23(32-26)25(29)30/h14-19,22-23,26H,2-13H2,1H3,(H,27,28)(H,29,30). The van der Waals surface area contributed by atoms with Gasteiger partial charge < -0.3 is 19.7 Å². The molecule has 1 aromatic carbocycles. The van der Waals surface area contributed by atoms with Crippen LogP contribution in [0.1, 0.15) is 95.0 Å². The largest absolute Gasteiger partial charge is 0.479 e. The Kier molecular flexibility index (Phi) is 9.54. The fourth-order valence-electron chi connectivity index (χ4n) is 5.07. The second-order valence-electron chi connectivity index (χ2n) is 9.49. The second kappa shape index (κ2) is 12.4. The summed E-state index contributed by atoms with van der Waals surface area (Å²) in [5.41, 5.74) is 1.86. The Hall–Kier alpha value is -1.92. The number of carboxylic acids is 2. The highest BCUT2D eigenvalue weighted by molar-refractivity contribution is 5.84. The Balaban J connectivity index is 1.35. The van der Waals surface area contributed by atoms with Gasteiger partial charge in [0, 0.05) is 5.56 Å². The van der Waals surface area contributed by atoms with Crippen molar-refractivity contribution in [1.82, 2.24) is 0 Å². The first-order valence-corrected chi connectivity index (χ1v) is 12.3. The van der Waals surface area contributed by atoms with E-state index in [1.807, 2.05) is 24.3 Å². The lowest BCUT2D eigenvalue weighted by Crippen LogP contribution is -2.36. The molecule has 0 bridgehead atoms. The molecule has 6 nitrogen and oxygen atoms in total. The van der Waals surface area contributed by atoms with E-state index in [9.17, 15) is 9.59 Å². The summed E-state index contributed by atoms with van der Waals surface area (Å²) in [7, 11) is 0. The summed E-state index contributed by atoms with van der Waals surface area (Å²) in [5.74, 6) is -0.787. The number of benzene rings is 1. The lowest BCUT2D eigenvalue weighted by Gasteiger charge is -2.28. The molecule has 2 fully saturated rings. The number of aliphatic carboxylic acids is 2. The third-order valence-corrected chi connectivity index (χ3v) is 7.06. The molecule has 2 N–H and O–H groups in total. The third-order valence-electron chi connectivity index (χ3n) is 7.06. The molecular formula is C26H38O6. The quantitative estimate of drug-likeness (QED) is 0.398. The second-order valence-corrected chi connectivity index (χ2v) is 9.49. The molecule has 0 amide bonds. The van der Waals surface area contributed by atoms with Gasteiger partial charge in [-0.25, -0.2) is 9.59 Å². The zero-order chi connectivity index (χ0) is 22.9. The van der Waals surface area contributed by atoms with Crippen molar-refractivity contribution in [2.75, 3.05) is 0 Å². The molecule has 2 aliphatic rings. The highest BCUT2D eigenvalue weighted by atomic mass is 16.7. The molecule has 6 heteroatoms. The van der Waals surface area contributed by atoms with Crippen LogP contribution < -0.4 is 0 Å². The van der Waals surface area contributed by atoms with Crippen LogP contribution in [0, 0.1) is 11.8 Å². The first-order valence-electron chi connectivity index (χ1n) is 12.3. The van der Waals surface area contributed by atoms with Gasteiger partial charge >= 0.3 is 11.9 Å². The van der Waals surface area contributed by atoms with Gasteiger partial charge in [0.25, 0.3) is 0 Å². The van der Waals surface area contributed by atoms with Gasteiger partial charge in [-0.15, -0.1) is 0 Å². The number of rotatable bonds is 12. The van der Waals surface area contributed by atoms with E-state index in [0.717, 1.165) is 24.7 Å². The normalized spacial score (nSPS) is 28.0. The molecule has 1 saturated heterocycles. The number of unbranched alkanes of at least 4 members (excludes halogenated alkanes) is 3. The SMILES string of the molecule is CCCCCC1CCC(CCCCc2ccc(C3OC(C(=O)O)C(C(=O)O)O3)cc2)CC1. The molecule has 1 aliphatic carbocycles. The van der Waals surface area contributed by atoms with E-state index < -0.39 is 30.4 Å². The van der Waals surface area contributed by atoms with Crippen LogP contribution in [0.15, 0.2) is 24.3 Å². The van der Waals surface area contributed by atoms with Crippen molar-refractivity contribution in [3.63, 3.8) is 0 Å². The van der Waals surface area contributed by atoms with Crippen molar-refractivity contribution in [1.29, 1.82) is 0 Å². The van der Waals surface area contributed by atoms with Crippen molar-refractivity contribution in [2.24, 2.45) is 11.8 Å². The summed E-state index contributed by atoms with van der Waals surface area (Å²) in [6, 6.07) is 7.66. The highest BCUT2D eigenvalue weighted by Crippen LogP contribution is 2.35. The van der Waals surface area contributed by atoms with E-state index in [1.165, 1.54) is 69.8 Å². The summed E-state index contributed by atoms with van der Waals surface area (Å²) in [5, 5.41) is 18.3. The van der Waals surface area contributed by atoms with Gasteiger partial charge in [0.1, 0.15) is 0 Å². The fourth-order valence-corrected chi connectivity index (χ4v) is 5.07. The Morgan fingerprint density at radius 3 is 1.78 bits per heavy atom. The van der Waals surface area contributed by atoms with Gasteiger partial charge in [-0.2, -0.15) is 0 Å². The minimum Gasteiger partial charge on any atom is -0.479 e. The van der Waals surface area contributed by atoms with Crippen LogP contribution in [0.3, 0.4) is 0 Å². The van der Waals surface area contributed by atoms with E-state index in [1.54, 1.807) is 0 Å². The van der Waals surface area contributed by atoms with E-state index in [4.69, 9.17) is 19.7 Å². The smallest absolute Gasteiger partial charge is 0.336 e. The van der Waals surface area contributed by atoms with Gasteiger partial charge in [-0.1, -0.05) is 95.4 Å². The molecule has 1 saturated carbocycles. The van der Waals surface area contributed by atoms with Crippen LogP contribution in [0.2, 0.25) is 0 Å².